The summed E-state index contributed by atoms with van der Waals surface area (Å²) in [6, 6.07) is 13.4. The number of benzene rings is 2. The van der Waals surface area contributed by atoms with Crippen molar-refractivity contribution in [2.45, 2.75) is 62.7 Å². The van der Waals surface area contributed by atoms with Gasteiger partial charge < -0.3 is 19.9 Å². The Bertz CT molecular complexity index is 1610. The number of sulfonamides is 1. The number of pyridine rings is 1. The number of ether oxygens (including phenoxy) is 1. The van der Waals surface area contributed by atoms with Gasteiger partial charge in [-0.15, -0.1) is 0 Å². The largest absolute Gasteiger partial charge is 0.466 e. The molecule has 3 aromatic rings. The second-order valence-electron chi connectivity index (χ2n) is 11.5. The summed E-state index contributed by atoms with van der Waals surface area (Å²) >= 11 is 0. The van der Waals surface area contributed by atoms with Gasteiger partial charge in [0.05, 0.1) is 12.1 Å². The average molecular weight is 636 g/mol. The van der Waals surface area contributed by atoms with E-state index in [1.165, 1.54) is 19.3 Å². The molecule has 5 rings (SSSR count). The highest BCUT2D eigenvalue weighted by Crippen LogP contribution is 2.34. The first-order chi connectivity index (χ1) is 21.7. The van der Waals surface area contributed by atoms with Crippen molar-refractivity contribution in [1.29, 1.82) is 0 Å². The van der Waals surface area contributed by atoms with Gasteiger partial charge in [-0.05, 0) is 74.1 Å². The summed E-state index contributed by atoms with van der Waals surface area (Å²) in [6.45, 7) is 3.97. The molecule has 3 amide bonds. The Kier molecular flexibility index (Phi) is 10.5. The third-order valence-electron chi connectivity index (χ3n) is 8.44. The Balaban J connectivity index is 1.15. The maximum Gasteiger partial charge on any atom is 0.317 e. The maximum absolute atomic E-state index is 13.4. The summed E-state index contributed by atoms with van der Waals surface area (Å²) < 4.78 is 34.3. The summed E-state index contributed by atoms with van der Waals surface area (Å²) in [5.41, 5.74) is 2.36. The molecule has 1 aromatic heterocycles. The van der Waals surface area contributed by atoms with Gasteiger partial charge in [0.25, 0.3) is 15.9 Å². The fraction of sp³-hybridized carbons (Fsp3) is 0.455. The van der Waals surface area contributed by atoms with Crippen molar-refractivity contribution in [2.24, 2.45) is 0 Å². The number of carbonyl (C=O) groups is 3. The number of hydrogen-bond donors (Lipinski definition) is 2. The zero-order valence-corrected chi connectivity index (χ0v) is 26.5. The van der Waals surface area contributed by atoms with E-state index in [-0.39, 0.29) is 29.2 Å². The number of carbonyl (C=O) groups excluding carboxylic acids is 3. The van der Waals surface area contributed by atoms with E-state index in [1.807, 2.05) is 12.3 Å². The number of rotatable bonds is 10. The Labute approximate surface area is 264 Å². The molecule has 0 atom stereocenters. The lowest BCUT2D eigenvalue weighted by molar-refractivity contribution is -0.143. The van der Waals surface area contributed by atoms with E-state index in [1.54, 1.807) is 53.1 Å². The van der Waals surface area contributed by atoms with E-state index >= 15 is 0 Å². The highest BCUT2D eigenvalue weighted by atomic mass is 32.2. The molecular weight excluding hydrogens is 594 g/mol. The Hall–Kier alpha value is -4.19. The zero-order chi connectivity index (χ0) is 31.8. The van der Waals surface area contributed by atoms with Crippen molar-refractivity contribution in [3.63, 3.8) is 0 Å². The monoisotopic (exact) mass is 635 g/mol. The molecule has 11 nitrogen and oxygen atoms in total. The molecule has 1 aliphatic heterocycles. The molecule has 2 N–H and O–H groups in total. The maximum atomic E-state index is 13.4. The number of aromatic nitrogens is 1. The Morgan fingerprint density at radius 3 is 2.38 bits per heavy atom. The second-order valence-corrected chi connectivity index (χ2v) is 13.2. The summed E-state index contributed by atoms with van der Waals surface area (Å²) in [6.07, 6.45) is 8.52. The number of nitrogens with zero attached hydrogens (tertiary/aromatic N) is 3. The molecule has 0 spiro atoms. The first-order valence-corrected chi connectivity index (χ1v) is 17.2. The van der Waals surface area contributed by atoms with Crippen LogP contribution in [0.3, 0.4) is 0 Å². The van der Waals surface area contributed by atoms with E-state index in [4.69, 9.17) is 4.74 Å². The number of esters is 1. The van der Waals surface area contributed by atoms with Crippen LogP contribution in [0, 0.1) is 0 Å². The van der Waals surface area contributed by atoms with Gasteiger partial charge in [-0.2, -0.15) is 0 Å². The Morgan fingerprint density at radius 2 is 1.67 bits per heavy atom. The minimum Gasteiger partial charge on any atom is -0.466 e. The van der Waals surface area contributed by atoms with Crippen LogP contribution in [-0.4, -0.2) is 80.4 Å². The topological polar surface area (TPSA) is 138 Å². The quantitative estimate of drug-likeness (QED) is 0.239. The van der Waals surface area contributed by atoms with Gasteiger partial charge in [-0.3, -0.25) is 19.3 Å². The van der Waals surface area contributed by atoms with Gasteiger partial charge in [0.2, 0.25) is 0 Å². The normalized spacial score (nSPS) is 15.9. The van der Waals surface area contributed by atoms with E-state index in [9.17, 15) is 22.8 Å². The van der Waals surface area contributed by atoms with Crippen LogP contribution in [0.25, 0.3) is 10.9 Å². The minimum absolute atomic E-state index is 0.108. The van der Waals surface area contributed by atoms with Crippen LogP contribution in [0.1, 0.15) is 73.7 Å². The molecule has 2 fully saturated rings. The Morgan fingerprint density at radius 1 is 0.956 bits per heavy atom. The van der Waals surface area contributed by atoms with Crippen LogP contribution in [0.15, 0.2) is 59.6 Å². The van der Waals surface area contributed by atoms with Gasteiger partial charge in [-0.1, -0.05) is 31.4 Å². The molecule has 45 heavy (non-hydrogen) atoms. The van der Waals surface area contributed by atoms with E-state index in [0.717, 1.165) is 23.8 Å². The molecule has 2 aliphatic rings. The van der Waals surface area contributed by atoms with Crippen LogP contribution in [0.4, 0.5) is 10.5 Å². The van der Waals surface area contributed by atoms with Gasteiger partial charge in [0.15, 0.2) is 0 Å². The number of amides is 3. The molecule has 240 valence electrons. The number of para-hydroxylation sites is 1. The van der Waals surface area contributed by atoms with Crippen molar-refractivity contribution in [1.82, 2.24) is 20.1 Å². The van der Waals surface area contributed by atoms with Crippen LogP contribution < -0.4 is 10.0 Å². The summed E-state index contributed by atoms with van der Waals surface area (Å²) in [5.74, 6) is -0.000859. The van der Waals surface area contributed by atoms with E-state index < -0.39 is 10.0 Å². The average Bonchev–Trinajstić information content (AvgIpc) is 3.06. The summed E-state index contributed by atoms with van der Waals surface area (Å²) in [5, 5.41) is 3.60. The molecule has 0 bridgehead atoms. The highest BCUT2D eigenvalue weighted by Gasteiger charge is 2.25. The predicted molar refractivity (Wildman–Crippen MR) is 172 cm³/mol. The van der Waals surface area contributed by atoms with Crippen LogP contribution in [0.5, 0.6) is 0 Å². The van der Waals surface area contributed by atoms with Crippen LogP contribution >= 0.6 is 0 Å². The molecule has 1 saturated heterocycles. The summed E-state index contributed by atoms with van der Waals surface area (Å²) in [4.78, 5) is 45.0. The fourth-order valence-electron chi connectivity index (χ4n) is 5.99. The SMILES string of the molecule is CCOC(=O)CCCNC(=O)N1CCN(C(=O)c2ccc(NS(=O)(=O)c3cccc4cc(C5CCCCC5)cnc34)cc2)CC1. The van der Waals surface area contributed by atoms with Crippen molar-refractivity contribution in [3.8, 4) is 0 Å². The molecule has 2 aromatic carbocycles. The zero-order valence-electron chi connectivity index (χ0n) is 25.7. The molecular formula is C33H41N5O6S. The lowest BCUT2D eigenvalue weighted by atomic mass is 9.84. The highest BCUT2D eigenvalue weighted by molar-refractivity contribution is 7.93. The number of piperazine rings is 1. The lowest BCUT2D eigenvalue weighted by Crippen LogP contribution is -2.53. The molecule has 12 heteroatoms. The fourth-order valence-corrected chi connectivity index (χ4v) is 7.22. The van der Waals surface area contributed by atoms with Gasteiger partial charge >= 0.3 is 12.0 Å². The van der Waals surface area contributed by atoms with Crippen molar-refractivity contribution < 1.29 is 27.5 Å². The van der Waals surface area contributed by atoms with Crippen LogP contribution in [0.2, 0.25) is 0 Å². The standard InChI is InChI=1S/C33H41N5O6S/c1-2-44-30(39)12-7-17-34-33(41)38-20-18-37(19-21-38)32(40)25-13-15-28(16-14-25)36-45(42,43)29-11-6-10-26-22-27(23-35-31(26)29)24-8-4-3-5-9-24/h6,10-11,13-16,22-24,36H,2-5,7-9,12,17-21H2,1H3,(H,34,41). The number of fused-ring (bicyclic) bond motifs is 1. The summed E-state index contributed by atoms with van der Waals surface area (Å²) in [7, 11) is -3.94. The number of urea groups is 1. The second kappa shape index (κ2) is 14.7. The number of anilines is 1. The van der Waals surface area contributed by atoms with Crippen LogP contribution in [-0.2, 0) is 19.6 Å². The van der Waals surface area contributed by atoms with Gasteiger partial charge in [0, 0.05) is 62.0 Å². The van der Waals surface area contributed by atoms with Crippen molar-refractivity contribution in [2.75, 3.05) is 44.1 Å². The molecule has 0 unspecified atom stereocenters. The molecule has 1 aliphatic carbocycles. The first kappa shape index (κ1) is 32.2. The molecule has 2 heterocycles. The van der Waals surface area contributed by atoms with Crippen molar-refractivity contribution >= 4 is 44.5 Å². The van der Waals surface area contributed by atoms with Crippen molar-refractivity contribution in [3.05, 3.63) is 65.9 Å². The van der Waals surface area contributed by atoms with E-state index in [2.05, 4.69) is 21.1 Å². The number of nitrogens with one attached hydrogen (secondary N) is 2. The van der Waals surface area contributed by atoms with Gasteiger partial charge in [-0.25, -0.2) is 13.2 Å². The smallest absolute Gasteiger partial charge is 0.317 e. The molecule has 1 saturated carbocycles. The number of hydrogen-bond acceptors (Lipinski definition) is 7. The predicted octanol–water partition coefficient (Wildman–Crippen LogP) is 4.89. The molecule has 0 radical (unpaired) electrons. The first-order valence-electron chi connectivity index (χ1n) is 15.7. The van der Waals surface area contributed by atoms with Gasteiger partial charge in [0.1, 0.15) is 4.90 Å². The minimum atomic E-state index is -3.94. The van der Waals surface area contributed by atoms with E-state index in [0.29, 0.717) is 68.4 Å². The third kappa shape index (κ3) is 8.10. The third-order valence-corrected chi connectivity index (χ3v) is 9.85. The lowest BCUT2D eigenvalue weighted by Gasteiger charge is -2.34.